The van der Waals surface area contributed by atoms with Crippen molar-refractivity contribution in [2.75, 3.05) is 12.3 Å². The normalized spacial score (nSPS) is 34.2. The maximum absolute atomic E-state index is 12.8. The second-order valence-electron chi connectivity index (χ2n) is 5.68. The van der Waals surface area contributed by atoms with Crippen molar-refractivity contribution >= 4 is 23.6 Å². The average Bonchev–Trinajstić information content (AvgIpc) is 2.90. The summed E-state index contributed by atoms with van der Waals surface area (Å²) in [5, 5.41) is 9.34. The second-order valence-corrected chi connectivity index (χ2v) is 6.89. The molecule has 1 saturated heterocycles. The third kappa shape index (κ3) is 2.96. The minimum Gasteiger partial charge on any atom is -0.480 e. The van der Waals surface area contributed by atoms with Crippen LogP contribution in [0.25, 0.3) is 0 Å². The van der Waals surface area contributed by atoms with Crippen LogP contribution in [0.1, 0.15) is 39.0 Å². The van der Waals surface area contributed by atoms with Crippen molar-refractivity contribution in [2.24, 2.45) is 17.6 Å². The molecular formula is C14H24N2O3S. The Kier molecular flexibility index (Phi) is 5.32. The van der Waals surface area contributed by atoms with Gasteiger partial charge in [-0.1, -0.05) is 19.8 Å². The number of carboxylic acids is 1. The van der Waals surface area contributed by atoms with Gasteiger partial charge in [-0.3, -0.25) is 4.79 Å². The van der Waals surface area contributed by atoms with Gasteiger partial charge in [-0.2, -0.15) is 0 Å². The first-order valence-corrected chi connectivity index (χ1v) is 8.51. The molecule has 0 aromatic rings. The van der Waals surface area contributed by atoms with Crippen LogP contribution in [0.4, 0.5) is 0 Å². The molecule has 1 heterocycles. The van der Waals surface area contributed by atoms with Gasteiger partial charge in [0.1, 0.15) is 6.04 Å². The van der Waals surface area contributed by atoms with E-state index in [4.69, 9.17) is 5.73 Å². The summed E-state index contributed by atoms with van der Waals surface area (Å²) in [5.74, 6) is -0.233. The molecule has 0 aromatic heterocycles. The largest absolute Gasteiger partial charge is 0.480 e. The Hall–Kier alpha value is -0.750. The number of rotatable bonds is 4. The summed E-state index contributed by atoms with van der Waals surface area (Å²) in [5.41, 5.74) is 5.80. The lowest BCUT2D eigenvalue weighted by atomic mass is 9.78. The number of amides is 1. The topological polar surface area (TPSA) is 83.6 Å². The highest BCUT2D eigenvalue weighted by molar-refractivity contribution is 8.00. The van der Waals surface area contributed by atoms with Crippen LogP contribution in [0.15, 0.2) is 0 Å². The number of thioether (sulfide) groups is 1. The van der Waals surface area contributed by atoms with Crippen molar-refractivity contribution in [1.82, 2.24) is 4.90 Å². The van der Waals surface area contributed by atoms with Gasteiger partial charge in [-0.25, -0.2) is 4.79 Å². The molecule has 2 aliphatic rings. The third-order valence-corrected chi connectivity index (χ3v) is 5.96. The molecule has 5 nitrogen and oxygen atoms in total. The Labute approximate surface area is 124 Å². The number of aliphatic carboxylic acids is 1. The van der Waals surface area contributed by atoms with Crippen LogP contribution < -0.4 is 5.73 Å². The lowest BCUT2D eigenvalue weighted by Gasteiger charge is -2.36. The quantitative estimate of drug-likeness (QED) is 0.822. The molecule has 4 atom stereocenters. The first kappa shape index (κ1) is 15.6. The Bertz CT molecular complexity index is 377. The smallest absolute Gasteiger partial charge is 0.327 e. The monoisotopic (exact) mass is 300 g/mol. The first-order chi connectivity index (χ1) is 9.60. The molecule has 1 amide bonds. The molecule has 114 valence electrons. The second kappa shape index (κ2) is 6.80. The average molecular weight is 300 g/mol. The lowest BCUT2D eigenvalue weighted by Crippen LogP contribution is -2.50. The number of nitrogens with zero attached hydrogens (tertiary/aromatic N) is 1. The van der Waals surface area contributed by atoms with E-state index in [-0.39, 0.29) is 23.1 Å². The molecule has 0 radical (unpaired) electrons. The van der Waals surface area contributed by atoms with Crippen LogP contribution in [0.5, 0.6) is 0 Å². The maximum atomic E-state index is 12.8. The summed E-state index contributed by atoms with van der Waals surface area (Å²) in [6, 6.07) is -0.669. The molecule has 1 saturated carbocycles. The number of carboxylic acid groups (broad SMARTS) is 1. The van der Waals surface area contributed by atoms with E-state index in [9.17, 15) is 14.7 Å². The van der Waals surface area contributed by atoms with E-state index < -0.39 is 12.0 Å². The molecule has 1 aliphatic heterocycles. The van der Waals surface area contributed by atoms with Gasteiger partial charge in [0.15, 0.2) is 0 Å². The van der Waals surface area contributed by atoms with E-state index in [2.05, 4.69) is 0 Å². The Morgan fingerprint density at radius 1 is 1.35 bits per heavy atom. The van der Waals surface area contributed by atoms with Gasteiger partial charge < -0.3 is 15.7 Å². The molecule has 20 heavy (non-hydrogen) atoms. The van der Waals surface area contributed by atoms with Crippen molar-refractivity contribution in [2.45, 2.75) is 50.4 Å². The molecule has 1 aliphatic carbocycles. The maximum Gasteiger partial charge on any atom is 0.327 e. The lowest BCUT2D eigenvalue weighted by molar-refractivity contribution is -0.152. The number of hydrogen-bond donors (Lipinski definition) is 2. The highest BCUT2D eigenvalue weighted by Gasteiger charge is 2.44. The van der Waals surface area contributed by atoms with Crippen molar-refractivity contribution in [1.29, 1.82) is 0 Å². The molecule has 0 bridgehead atoms. The van der Waals surface area contributed by atoms with Gasteiger partial charge in [-0.15, -0.1) is 11.8 Å². The van der Waals surface area contributed by atoms with Gasteiger partial charge in [0, 0.05) is 11.7 Å². The van der Waals surface area contributed by atoms with Crippen LogP contribution in [0.3, 0.4) is 0 Å². The highest BCUT2D eigenvalue weighted by Crippen LogP contribution is 2.37. The van der Waals surface area contributed by atoms with E-state index >= 15 is 0 Å². The SMILES string of the molecule is CCC1SCC(C(=O)O)N1C(=O)C1CCCCC1CN. The molecule has 2 fully saturated rings. The van der Waals surface area contributed by atoms with Gasteiger partial charge in [-0.05, 0) is 31.7 Å². The zero-order valence-corrected chi connectivity index (χ0v) is 12.8. The molecular weight excluding hydrogens is 276 g/mol. The van der Waals surface area contributed by atoms with Crippen LogP contribution >= 0.6 is 11.8 Å². The van der Waals surface area contributed by atoms with Gasteiger partial charge in [0.05, 0.1) is 5.37 Å². The van der Waals surface area contributed by atoms with E-state index in [0.717, 1.165) is 32.1 Å². The summed E-state index contributed by atoms with van der Waals surface area (Å²) in [6.45, 7) is 2.52. The summed E-state index contributed by atoms with van der Waals surface area (Å²) < 4.78 is 0. The van der Waals surface area contributed by atoms with E-state index in [1.54, 1.807) is 16.7 Å². The summed E-state index contributed by atoms with van der Waals surface area (Å²) in [7, 11) is 0. The Morgan fingerprint density at radius 3 is 2.65 bits per heavy atom. The highest BCUT2D eigenvalue weighted by atomic mass is 32.2. The van der Waals surface area contributed by atoms with Gasteiger partial charge in [0.2, 0.25) is 5.91 Å². The van der Waals surface area contributed by atoms with E-state index in [0.29, 0.717) is 12.3 Å². The van der Waals surface area contributed by atoms with Crippen molar-refractivity contribution < 1.29 is 14.7 Å². The van der Waals surface area contributed by atoms with Crippen LogP contribution in [0, 0.1) is 11.8 Å². The number of carbonyl (C=O) groups excluding carboxylic acids is 1. The van der Waals surface area contributed by atoms with Crippen molar-refractivity contribution in [3.63, 3.8) is 0 Å². The van der Waals surface area contributed by atoms with E-state index in [1.807, 2.05) is 6.92 Å². The van der Waals surface area contributed by atoms with Crippen LogP contribution in [-0.4, -0.2) is 45.6 Å². The Balaban J connectivity index is 2.17. The molecule has 0 spiro atoms. The van der Waals surface area contributed by atoms with Crippen molar-refractivity contribution in [3.05, 3.63) is 0 Å². The molecule has 4 unspecified atom stereocenters. The fourth-order valence-electron chi connectivity index (χ4n) is 3.37. The van der Waals surface area contributed by atoms with Crippen LogP contribution in [-0.2, 0) is 9.59 Å². The van der Waals surface area contributed by atoms with Crippen molar-refractivity contribution in [3.8, 4) is 0 Å². The number of hydrogen-bond acceptors (Lipinski definition) is 4. The van der Waals surface area contributed by atoms with Gasteiger partial charge >= 0.3 is 5.97 Å². The minimum atomic E-state index is -0.887. The molecule has 6 heteroatoms. The Morgan fingerprint density at radius 2 is 2.05 bits per heavy atom. The summed E-state index contributed by atoms with van der Waals surface area (Å²) in [6.07, 6.45) is 4.80. The van der Waals surface area contributed by atoms with E-state index in [1.165, 1.54) is 0 Å². The zero-order valence-electron chi connectivity index (χ0n) is 12.0. The molecule has 2 rings (SSSR count). The molecule has 0 aromatic carbocycles. The fraction of sp³-hybridized carbons (Fsp3) is 0.857. The molecule has 3 N–H and O–H groups in total. The first-order valence-electron chi connectivity index (χ1n) is 7.46. The van der Waals surface area contributed by atoms with Gasteiger partial charge in [0.25, 0.3) is 0 Å². The summed E-state index contributed by atoms with van der Waals surface area (Å²) in [4.78, 5) is 25.9. The fourth-order valence-corrected chi connectivity index (χ4v) is 4.72. The van der Waals surface area contributed by atoms with Crippen LogP contribution in [0.2, 0.25) is 0 Å². The standard InChI is InChI=1S/C14H24N2O3S/c1-2-12-16(11(8-20-12)14(18)19)13(17)10-6-4-3-5-9(10)7-15/h9-12H,2-8,15H2,1H3,(H,18,19). The summed E-state index contributed by atoms with van der Waals surface area (Å²) >= 11 is 1.58. The predicted octanol–water partition coefficient (Wildman–Crippen LogP) is 1.52. The third-order valence-electron chi connectivity index (χ3n) is 4.51. The zero-order chi connectivity index (χ0) is 14.7. The number of nitrogens with two attached hydrogens (primary N) is 1. The number of carbonyl (C=O) groups is 2. The minimum absolute atomic E-state index is 0.00366. The predicted molar refractivity (Wildman–Crippen MR) is 79.3 cm³/mol.